The van der Waals surface area contributed by atoms with Crippen LogP contribution < -0.4 is 5.32 Å². The molecule has 16 heavy (non-hydrogen) atoms. The van der Waals surface area contributed by atoms with Gasteiger partial charge in [-0.1, -0.05) is 20.8 Å². The number of hydrogen-bond donors (Lipinski definition) is 1. The van der Waals surface area contributed by atoms with Crippen LogP contribution in [-0.2, 0) is 12.1 Å². The first-order valence-electron chi connectivity index (χ1n) is 6.31. The maximum atomic E-state index is 4.34. The Labute approximate surface area is 97.5 Å². The third-order valence-electron chi connectivity index (χ3n) is 3.45. The topological polar surface area (TPSA) is 42.7 Å². The molecule has 1 aromatic heterocycles. The summed E-state index contributed by atoms with van der Waals surface area (Å²) in [5.41, 5.74) is 0.0748. The normalized spacial score (nSPS) is 25.5. The summed E-state index contributed by atoms with van der Waals surface area (Å²) in [6.07, 6.45) is 5.37. The van der Waals surface area contributed by atoms with Crippen LogP contribution in [-0.4, -0.2) is 21.3 Å². The van der Waals surface area contributed by atoms with Crippen molar-refractivity contribution in [3.63, 3.8) is 0 Å². The van der Waals surface area contributed by atoms with Crippen molar-refractivity contribution in [2.24, 2.45) is 5.92 Å². The first-order chi connectivity index (χ1) is 7.68. The van der Waals surface area contributed by atoms with Crippen LogP contribution in [0.2, 0.25) is 0 Å². The quantitative estimate of drug-likeness (QED) is 0.846. The molecule has 1 atom stereocenters. The van der Waals surface area contributed by atoms with Crippen molar-refractivity contribution in [1.82, 2.24) is 20.1 Å². The van der Waals surface area contributed by atoms with Gasteiger partial charge in [0.05, 0.1) is 5.54 Å². The molecule has 0 saturated carbocycles. The molecule has 4 nitrogen and oxygen atoms in total. The van der Waals surface area contributed by atoms with Crippen LogP contribution in [0.5, 0.6) is 0 Å². The molecule has 1 aromatic rings. The standard InChI is InChI=1S/C12H22N4/c1-4-12(6-5-7-13-12)11-15-14-9-16(11)8-10(2)3/h9-10,13H,4-8H2,1-3H3. The molecule has 1 unspecified atom stereocenters. The van der Waals surface area contributed by atoms with Crippen molar-refractivity contribution in [1.29, 1.82) is 0 Å². The first-order valence-corrected chi connectivity index (χ1v) is 6.31. The maximum absolute atomic E-state index is 4.34. The van der Waals surface area contributed by atoms with Crippen LogP contribution in [0.4, 0.5) is 0 Å². The van der Waals surface area contributed by atoms with Crippen molar-refractivity contribution < 1.29 is 0 Å². The second-order valence-corrected chi connectivity index (χ2v) is 5.17. The van der Waals surface area contributed by atoms with Gasteiger partial charge in [-0.15, -0.1) is 10.2 Å². The van der Waals surface area contributed by atoms with Gasteiger partial charge in [0.25, 0.3) is 0 Å². The lowest BCUT2D eigenvalue weighted by Crippen LogP contribution is -2.39. The van der Waals surface area contributed by atoms with Gasteiger partial charge in [0.1, 0.15) is 6.33 Å². The highest BCUT2D eigenvalue weighted by Crippen LogP contribution is 2.32. The van der Waals surface area contributed by atoms with Crippen molar-refractivity contribution in [3.05, 3.63) is 12.2 Å². The van der Waals surface area contributed by atoms with Crippen LogP contribution in [0.3, 0.4) is 0 Å². The van der Waals surface area contributed by atoms with Gasteiger partial charge in [-0.25, -0.2) is 0 Å². The molecule has 90 valence electrons. The van der Waals surface area contributed by atoms with Crippen LogP contribution in [0, 0.1) is 5.92 Å². The molecule has 0 radical (unpaired) electrons. The van der Waals surface area contributed by atoms with Crippen LogP contribution in [0.25, 0.3) is 0 Å². The third kappa shape index (κ3) is 1.98. The predicted molar refractivity (Wildman–Crippen MR) is 64.1 cm³/mol. The molecule has 0 aromatic carbocycles. The van der Waals surface area contributed by atoms with E-state index in [1.807, 2.05) is 6.33 Å². The molecule has 4 heteroatoms. The summed E-state index contributed by atoms with van der Waals surface area (Å²) in [7, 11) is 0. The summed E-state index contributed by atoms with van der Waals surface area (Å²) >= 11 is 0. The second-order valence-electron chi connectivity index (χ2n) is 5.17. The van der Waals surface area contributed by atoms with Crippen LogP contribution >= 0.6 is 0 Å². The third-order valence-corrected chi connectivity index (χ3v) is 3.45. The molecule has 0 spiro atoms. The molecule has 0 amide bonds. The second kappa shape index (κ2) is 4.53. The molecule has 0 aliphatic carbocycles. The lowest BCUT2D eigenvalue weighted by molar-refractivity contribution is 0.328. The van der Waals surface area contributed by atoms with Crippen molar-refractivity contribution in [3.8, 4) is 0 Å². The Morgan fingerprint density at radius 1 is 1.56 bits per heavy atom. The molecule has 1 aliphatic rings. The fourth-order valence-electron chi connectivity index (χ4n) is 2.61. The summed E-state index contributed by atoms with van der Waals surface area (Å²) < 4.78 is 2.21. The number of nitrogens with zero attached hydrogens (tertiary/aromatic N) is 3. The van der Waals surface area contributed by atoms with E-state index >= 15 is 0 Å². The van der Waals surface area contributed by atoms with Gasteiger partial charge in [0, 0.05) is 6.54 Å². The molecule has 1 saturated heterocycles. The highest BCUT2D eigenvalue weighted by molar-refractivity contribution is 5.09. The lowest BCUT2D eigenvalue weighted by Gasteiger charge is -2.27. The Bertz CT molecular complexity index is 337. The average molecular weight is 222 g/mol. The number of rotatable bonds is 4. The van der Waals surface area contributed by atoms with E-state index in [1.165, 1.54) is 12.8 Å². The van der Waals surface area contributed by atoms with Gasteiger partial charge in [-0.05, 0) is 31.7 Å². The molecule has 2 heterocycles. The molecule has 0 bridgehead atoms. The van der Waals surface area contributed by atoms with Gasteiger partial charge in [0.2, 0.25) is 0 Å². The fourth-order valence-corrected chi connectivity index (χ4v) is 2.61. The Morgan fingerprint density at radius 3 is 2.94 bits per heavy atom. The number of hydrogen-bond acceptors (Lipinski definition) is 3. The molecule has 1 fully saturated rings. The van der Waals surface area contributed by atoms with Gasteiger partial charge < -0.3 is 9.88 Å². The van der Waals surface area contributed by atoms with E-state index in [1.54, 1.807) is 0 Å². The monoisotopic (exact) mass is 222 g/mol. The van der Waals surface area contributed by atoms with Crippen molar-refractivity contribution >= 4 is 0 Å². The lowest BCUT2D eigenvalue weighted by atomic mass is 9.93. The van der Waals surface area contributed by atoms with Gasteiger partial charge in [-0.2, -0.15) is 0 Å². The Hall–Kier alpha value is -0.900. The highest BCUT2D eigenvalue weighted by atomic mass is 15.3. The summed E-state index contributed by atoms with van der Waals surface area (Å²) in [5, 5.41) is 12.0. The van der Waals surface area contributed by atoms with Crippen molar-refractivity contribution in [2.45, 2.75) is 52.1 Å². The van der Waals surface area contributed by atoms with Gasteiger partial charge in [-0.3, -0.25) is 0 Å². The van der Waals surface area contributed by atoms with Gasteiger partial charge >= 0.3 is 0 Å². The average Bonchev–Trinajstić information content (AvgIpc) is 2.85. The maximum Gasteiger partial charge on any atom is 0.153 e. The Kier molecular flexibility index (Phi) is 3.28. The summed E-state index contributed by atoms with van der Waals surface area (Å²) in [6, 6.07) is 0. The minimum atomic E-state index is 0.0748. The van der Waals surface area contributed by atoms with Crippen molar-refractivity contribution in [2.75, 3.05) is 6.54 Å². The zero-order chi connectivity index (χ0) is 11.6. The molecular weight excluding hydrogens is 200 g/mol. The van der Waals surface area contributed by atoms with E-state index in [9.17, 15) is 0 Å². The number of aromatic nitrogens is 3. The molecule has 2 rings (SSSR count). The van der Waals surface area contributed by atoms with Crippen LogP contribution in [0.15, 0.2) is 6.33 Å². The van der Waals surface area contributed by atoms with Crippen LogP contribution in [0.1, 0.15) is 45.9 Å². The molecule has 1 N–H and O–H groups in total. The zero-order valence-electron chi connectivity index (χ0n) is 10.5. The summed E-state index contributed by atoms with van der Waals surface area (Å²) in [5.74, 6) is 1.76. The predicted octanol–water partition coefficient (Wildman–Crippen LogP) is 1.92. The minimum absolute atomic E-state index is 0.0748. The van der Waals surface area contributed by atoms with E-state index in [0.717, 1.165) is 25.3 Å². The Balaban J connectivity index is 2.27. The Morgan fingerprint density at radius 2 is 2.38 bits per heavy atom. The fraction of sp³-hybridized carbons (Fsp3) is 0.833. The van der Waals surface area contributed by atoms with Gasteiger partial charge in [0.15, 0.2) is 5.82 Å². The minimum Gasteiger partial charge on any atom is -0.316 e. The van der Waals surface area contributed by atoms with E-state index < -0.39 is 0 Å². The SMILES string of the molecule is CCC1(c2nncn2CC(C)C)CCCN1. The molecule has 1 aliphatic heterocycles. The molecular formula is C12H22N4. The summed E-state index contributed by atoms with van der Waals surface area (Å²) in [4.78, 5) is 0. The van der Waals surface area contributed by atoms with E-state index in [2.05, 4.69) is 40.9 Å². The van der Waals surface area contributed by atoms with E-state index in [-0.39, 0.29) is 5.54 Å². The first kappa shape index (κ1) is 11.6. The smallest absolute Gasteiger partial charge is 0.153 e. The highest BCUT2D eigenvalue weighted by Gasteiger charge is 2.37. The van der Waals surface area contributed by atoms with E-state index in [4.69, 9.17) is 0 Å². The van der Waals surface area contributed by atoms with E-state index in [0.29, 0.717) is 5.92 Å². The number of nitrogens with one attached hydrogen (secondary N) is 1. The summed E-state index contributed by atoms with van der Waals surface area (Å²) in [6.45, 7) is 8.79. The zero-order valence-corrected chi connectivity index (χ0v) is 10.5. The largest absolute Gasteiger partial charge is 0.316 e.